The number of allylic oxidation sites excluding steroid dienone is 1. The summed E-state index contributed by atoms with van der Waals surface area (Å²) in [5, 5.41) is 14.2. The Morgan fingerprint density at radius 2 is 1.47 bits per heavy atom. The topological polar surface area (TPSA) is 32.3 Å². The highest BCUT2D eigenvalue weighted by Crippen LogP contribution is 2.37. The molecule has 0 aromatic heterocycles. The van der Waals surface area contributed by atoms with Crippen LogP contribution in [0.4, 0.5) is 0 Å². The molecule has 0 unspecified atom stereocenters. The molecule has 1 heterocycles. The van der Waals surface area contributed by atoms with Crippen LogP contribution in [-0.2, 0) is 0 Å². The molecular formula is C13H25NO. The van der Waals surface area contributed by atoms with Gasteiger partial charge in [0.1, 0.15) is 0 Å². The van der Waals surface area contributed by atoms with Crippen LogP contribution in [0.3, 0.4) is 0 Å². The van der Waals surface area contributed by atoms with E-state index in [0.717, 1.165) is 12.8 Å². The fraction of sp³-hybridized carbons (Fsp3) is 0.846. The van der Waals surface area contributed by atoms with E-state index in [2.05, 4.69) is 33.0 Å². The SMILES string of the molecule is CC(C)=CC1(O)CC(C)(C)NC(C)(C)C1. The minimum atomic E-state index is -0.656. The van der Waals surface area contributed by atoms with Crippen LogP contribution in [0.15, 0.2) is 11.6 Å². The van der Waals surface area contributed by atoms with E-state index in [4.69, 9.17) is 0 Å². The van der Waals surface area contributed by atoms with Crippen LogP contribution in [0.5, 0.6) is 0 Å². The molecule has 1 fully saturated rings. The van der Waals surface area contributed by atoms with Gasteiger partial charge in [-0.2, -0.15) is 0 Å². The molecule has 15 heavy (non-hydrogen) atoms. The molecule has 0 aliphatic carbocycles. The van der Waals surface area contributed by atoms with Crippen LogP contribution in [0.2, 0.25) is 0 Å². The lowest BCUT2D eigenvalue weighted by Gasteiger charge is -2.50. The molecule has 2 heteroatoms. The summed E-state index contributed by atoms with van der Waals surface area (Å²) < 4.78 is 0. The van der Waals surface area contributed by atoms with E-state index < -0.39 is 5.60 Å². The van der Waals surface area contributed by atoms with Crippen LogP contribution in [0.1, 0.15) is 54.4 Å². The number of nitrogens with one attached hydrogen (secondary N) is 1. The van der Waals surface area contributed by atoms with Crippen LogP contribution in [0.25, 0.3) is 0 Å². The Morgan fingerprint density at radius 1 is 1.07 bits per heavy atom. The monoisotopic (exact) mass is 211 g/mol. The van der Waals surface area contributed by atoms with Crippen molar-refractivity contribution in [2.75, 3.05) is 0 Å². The van der Waals surface area contributed by atoms with E-state index >= 15 is 0 Å². The van der Waals surface area contributed by atoms with Gasteiger partial charge in [0.25, 0.3) is 0 Å². The quantitative estimate of drug-likeness (QED) is 0.653. The van der Waals surface area contributed by atoms with Crippen LogP contribution in [0, 0.1) is 0 Å². The van der Waals surface area contributed by atoms with Crippen molar-refractivity contribution in [2.45, 2.75) is 71.1 Å². The second kappa shape index (κ2) is 3.60. The largest absolute Gasteiger partial charge is 0.386 e. The first-order chi connectivity index (χ1) is 6.54. The van der Waals surface area contributed by atoms with Gasteiger partial charge in [-0.1, -0.05) is 11.6 Å². The normalized spacial score (nSPS) is 27.1. The molecule has 1 saturated heterocycles. The Hall–Kier alpha value is -0.340. The van der Waals surface area contributed by atoms with Gasteiger partial charge in [-0.3, -0.25) is 0 Å². The highest BCUT2D eigenvalue weighted by atomic mass is 16.3. The maximum Gasteiger partial charge on any atom is 0.0864 e. The maximum absolute atomic E-state index is 10.6. The van der Waals surface area contributed by atoms with Crippen LogP contribution >= 0.6 is 0 Å². The van der Waals surface area contributed by atoms with Gasteiger partial charge in [-0.25, -0.2) is 0 Å². The molecule has 0 amide bonds. The molecule has 2 N–H and O–H groups in total. The first-order valence-electron chi connectivity index (χ1n) is 5.72. The Bertz CT molecular complexity index is 256. The number of aliphatic hydroxyl groups is 1. The minimum Gasteiger partial charge on any atom is -0.386 e. The molecule has 1 aliphatic heterocycles. The Kier molecular flexibility index (Phi) is 3.05. The molecule has 0 saturated carbocycles. The second-order valence-corrected chi connectivity index (χ2v) is 6.57. The number of rotatable bonds is 1. The lowest BCUT2D eigenvalue weighted by Crippen LogP contribution is -2.63. The Morgan fingerprint density at radius 3 is 1.80 bits per heavy atom. The smallest absolute Gasteiger partial charge is 0.0864 e. The van der Waals surface area contributed by atoms with Gasteiger partial charge in [0.15, 0.2) is 0 Å². The fourth-order valence-electron chi connectivity index (χ4n) is 3.24. The zero-order chi connectivity index (χ0) is 11.9. The Balaban J connectivity index is 2.97. The van der Waals surface area contributed by atoms with Crippen molar-refractivity contribution in [1.29, 1.82) is 0 Å². The molecular weight excluding hydrogens is 186 g/mol. The molecule has 1 rings (SSSR count). The van der Waals surface area contributed by atoms with E-state index in [-0.39, 0.29) is 11.1 Å². The first-order valence-corrected chi connectivity index (χ1v) is 5.72. The van der Waals surface area contributed by atoms with Gasteiger partial charge in [0.2, 0.25) is 0 Å². The predicted molar refractivity (Wildman–Crippen MR) is 64.9 cm³/mol. The van der Waals surface area contributed by atoms with E-state index in [0.29, 0.717) is 0 Å². The van der Waals surface area contributed by atoms with Crippen LogP contribution < -0.4 is 5.32 Å². The predicted octanol–water partition coefficient (Wildman–Crippen LogP) is 2.62. The third kappa shape index (κ3) is 3.62. The second-order valence-electron chi connectivity index (χ2n) is 6.57. The van der Waals surface area contributed by atoms with Crippen molar-refractivity contribution in [2.24, 2.45) is 0 Å². The van der Waals surface area contributed by atoms with Gasteiger partial charge in [-0.05, 0) is 54.4 Å². The lowest BCUT2D eigenvalue weighted by atomic mass is 9.72. The third-order valence-corrected chi connectivity index (χ3v) is 2.73. The summed E-state index contributed by atoms with van der Waals surface area (Å²) in [5.74, 6) is 0. The van der Waals surface area contributed by atoms with E-state index in [1.165, 1.54) is 5.57 Å². The fourth-order valence-corrected chi connectivity index (χ4v) is 3.24. The summed E-state index contributed by atoms with van der Waals surface area (Å²) in [6.45, 7) is 12.7. The minimum absolute atomic E-state index is 0.0115. The molecule has 0 aromatic rings. The summed E-state index contributed by atoms with van der Waals surface area (Å²) in [6, 6.07) is 0. The average Bonchev–Trinajstić information content (AvgIpc) is 1.70. The van der Waals surface area contributed by atoms with Crippen molar-refractivity contribution in [3.05, 3.63) is 11.6 Å². The van der Waals surface area contributed by atoms with Crippen LogP contribution in [-0.4, -0.2) is 21.8 Å². The standard InChI is InChI=1S/C13H25NO/c1-10(2)7-13(15)8-11(3,4)14-12(5,6)9-13/h7,14-15H,8-9H2,1-6H3. The molecule has 0 bridgehead atoms. The van der Waals surface area contributed by atoms with Gasteiger partial charge in [0.05, 0.1) is 5.60 Å². The van der Waals surface area contributed by atoms with Gasteiger partial charge in [0, 0.05) is 11.1 Å². The van der Waals surface area contributed by atoms with Crippen molar-refractivity contribution >= 4 is 0 Å². The highest BCUT2D eigenvalue weighted by molar-refractivity contribution is 5.15. The number of piperidine rings is 1. The molecule has 0 aromatic carbocycles. The van der Waals surface area contributed by atoms with E-state index in [1.54, 1.807) is 0 Å². The third-order valence-electron chi connectivity index (χ3n) is 2.73. The molecule has 1 aliphatic rings. The van der Waals surface area contributed by atoms with Crippen molar-refractivity contribution in [3.63, 3.8) is 0 Å². The lowest BCUT2D eigenvalue weighted by molar-refractivity contribution is -0.0199. The zero-order valence-electron chi connectivity index (χ0n) is 10.9. The average molecular weight is 211 g/mol. The molecule has 0 spiro atoms. The van der Waals surface area contributed by atoms with Gasteiger partial charge >= 0.3 is 0 Å². The van der Waals surface area contributed by atoms with Gasteiger partial charge < -0.3 is 10.4 Å². The van der Waals surface area contributed by atoms with Crippen molar-refractivity contribution < 1.29 is 5.11 Å². The van der Waals surface area contributed by atoms with E-state index in [9.17, 15) is 5.11 Å². The molecule has 88 valence electrons. The summed E-state index contributed by atoms with van der Waals surface area (Å²) in [4.78, 5) is 0. The Labute approximate surface area is 93.8 Å². The van der Waals surface area contributed by atoms with E-state index in [1.807, 2.05) is 19.9 Å². The van der Waals surface area contributed by atoms with Crippen molar-refractivity contribution in [1.82, 2.24) is 5.32 Å². The summed E-state index contributed by atoms with van der Waals surface area (Å²) >= 11 is 0. The summed E-state index contributed by atoms with van der Waals surface area (Å²) in [6.07, 6.45) is 3.56. The zero-order valence-corrected chi connectivity index (χ0v) is 10.9. The summed E-state index contributed by atoms with van der Waals surface area (Å²) in [5.41, 5.74) is 0.508. The van der Waals surface area contributed by atoms with Crippen molar-refractivity contribution in [3.8, 4) is 0 Å². The summed E-state index contributed by atoms with van der Waals surface area (Å²) in [7, 11) is 0. The number of hydrogen-bond acceptors (Lipinski definition) is 2. The maximum atomic E-state index is 10.6. The van der Waals surface area contributed by atoms with Gasteiger partial charge in [-0.15, -0.1) is 0 Å². The molecule has 2 nitrogen and oxygen atoms in total. The molecule has 0 atom stereocenters. The molecule has 0 radical (unpaired) electrons. The highest BCUT2D eigenvalue weighted by Gasteiger charge is 2.44. The number of hydrogen-bond donors (Lipinski definition) is 2. The first kappa shape index (κ1) is 12.7.